The van der Waals surface area contributed by atoms with Crippen LogP contribution in [0.3, 0.4) is 0 Å². The fraction of sp³-hybridized carbons (Fsp3) is 0.100. The molecule has 1 nitrogen and oxygen atoms in total. The third-order valence-corrected chi connectivity index (χ3v) is 2.39. The third kappa shape index (κ3) is 0.467. The van der Waals surface area contributed by atoms with E-state index < -0.39 is 0 Å². The van der Waals surface area contributed by atoms with E-state index in [1.807, 2.05) is 6.08 Å². The summed E-state index contributed by atoms with van der Waals surface area (Å²) >= 11 is 0. The highest BCUT2D eigenvalue weighted by atomic mass is 14.4. The molecule has 0 aliphatic heterocycles. The van der Waals surface area contributed by atoms with Gasteiger partial charge in [-0.15, -0.1) is 0 Å². The lowest BCUT2D eigenvalue weighted by Crippen LogP contribution is -1.84. The Morgan fingerprint density at radius 3 is 3.00 bits per heavy atom. The predicted octanol–water partition coefficient (Wildman–Crippen LogP) is 2.02. The lowest BCUT2D eigenvalue weighted by molar-refractivity contribution is 1.38. The molecule has 0 radical (unpaired) electrons. The minimum absolute atomic E-state index is 0.826. The number of allylic oxidation sites excluding steroid dienone is 8. The lowest BCUT2D eigenvalue weighted by atomic mass is 10.0. The molecule has 0 aromatic rings. The van der Waals surface area contributed by atoms with Gasteiger partial charge in [0.05, 0.1) is 11.6 Å². The smallest absolute Gasteiger partial charge is 0.0998 e. The molecule has 0 saturated carbocycles. The molecule has 0 heterocycles. The van der Waals surface area contributed by atoms with Gasteiger partial charge in [0, 0.05) is 5.57 Å². The fourth-order valence-corrected chi connectivity index (χ4v) is 1.73. The Balaban J connectivity index is 2.17. The maximum Gasteiger partial charge on any atom is 0.0998 e. The van der Waals surface area contributed by atoms with Crippen LogP contribution in [0.25, 0.3) is 0 Å². The maximum atomic E-state index is 8.70. The zero-order chi connectivity index (χ0) is 7.42. The molecule has 0 aromatic carbocycles. The van der Waals surface area contributed by atoms with Gasteiger partial charge in [-0.25, -0.2) is 0 Å². The molecule has 11 heavy (non-hydrogen) atoms. The summed E-state index contributed by atoms with van der Waals surface area (Å²) in [6.45, 7) is 0. The molecule has 3 rings (SSSR count). The number of hydrogen-bond acceptors (Lipinski definition) is 1. The summed E-state index contributed by atoms with van der Waals surface area (Å²) in [5.74, 6) is 0. The van der Waals surface area contributed by atoms with Gasteiger partial charge in [0.2, 0.25) is 0 Å². The number of hydrogen-bond donors (Lipinski definition) is 0. The average Bonchev–Trinajstić information content (AvgIpc) is 2.55. The van der Waals surface area contributed by atoms with Crippen molar-refractivity contribution in [3.05, 3.63) is 46.1 Å². The van der Waals surface area contributed by atoms with E-state index in [4.69, 9.17) is 5.26 Å². The largest absolute Gasteiger partial charge is 0.192 e. The molecule has 0 spiro atoms. The van der Waals surface area contributed by atoms with Crippen molar-refractivity contribution in [1.29, 1.82) is 5.26 Å². The standard InChI is InChI=1S/C10H5N/c11-5-6-1-2-8-9(6)3-7-4-10(7)8/h1-3H,4H2. The molecule has 0 saturated heterocycles. The van der Waals surface area contributed by atoms with Gasteiger partial charge in [0.1, 0.15) is 0 Å². The van der Waals surface area contributed by atoms with Crippen LogP contribution in [0, 0.1) is 11.3 Å². The zero-order valence-electron chi connectivity index (χ0n) is 5.89. The van der Waals surface area contributed by atoms with E-state index in [1.165, 1.54) is 16.7 Å². The van der Waals surface area contributed by atoms with Crippen molar-refractivity contribution in [2.45, 2.75) is 6.42 Å². The third-order valence-electron chi connectivity index (χ3n) is 2.39. The maximum absolute atomic E-state index is 8.70. The van der Waals surface area contributed by atoms with E-state index in [9.17, 15) is 0 Å². The van der Waals surface area contributed by atoms with E-state index in [2.05, 4.69) is 18.2 Å². The second-order valence-electron chi connectivity index (χ2n) is 3.01. The molecule has 3 aliphatic rings. The van der Waals surface area contributed by atoms with Crippen molar-refractivity contribution in [2.24, 2.45) is 0 Å². The summed E-state index contributed by atoms with van der Waals surface area (Å²) in [5.41, 5.74) is 6.18. The Morgan fingerprint density at radius 2 is 2.18 bits per heavy atom. The number of fused-ring (bicyclic) bond motifs is 2. The van der Waals surface area contributed by atoms with Crippen LogP contribution >= 0.6 is 0 Å². The Hall–Kier alpha value is -1.55. The monoisotopic (exact) mass is 139 g/mol. The van der Waals surface area contributed by atoms with Gasteiger partial charge >= 0.3 is 0 Å². The van der Waals surface area contributed by atoms with E-state index in [-0.39, 0.29) is 0 Å². The van der Waals surface area contributed by atoms with Gasteiger partial charge in [0.15, 0.2) is 0 Å². The molecular formula is C10H5N. The second kappa shape index (κ2) is 1.38. The summed E-state index contributed by atoms with van der Waals surface area (Å²) in [6.07, 6.45) is 7.26. The van der Waals surface area contributed by atoms with Crippen LogP contribution in [0.15, 0.2) is 46.1 Å². The lowest BCUT2D eigenvalue weighted by Gasteiger charge is -1.98. The van der Waals surface area contributed by atoms with E-state index in [0.717, 1.165) is 17.6 Å². The SMILES string of the molecule is N#CC1=CC=C2C1=CC1=C2C1. The van der Waals surface area contributed by atoms with Gasteiger partial charge in [0.25, 0.3) is 0 Å². The highest BCUT2D eigenvalue weighted by molar-refractivity contribution is 5.79. The molecule has 0 bridgehead atoms. The first-order chi connectivity index (χ1) is 5.40. The fourth-order valence-electron chi connectivity index (χ4n) is 1.73. The van der Waals surface area contributed by atoms with E-state index >= 15 is 0 Å². The highest BCUT2D eigenvalue weighted by Crippen LogP contribution is 2.51. The summed E-state index contributed by atoms with van der Waals surface area (Å²) < 4.78 is 0. The molecule has 3 aliphatic carbocycles. The van der Waals surface area contributed by atoms with Gasteiger partial charge in [-0.05, 0) is 35.3 Å². The summed E-state index contributed by atoms with van der Waals surface area (Å²) in [4.78, 5) is 0. The average molecular weight is 139 g/mol. The summed E-state index contributed by atoms with van der Waals surface area (Å²) in [5, 5.41) is 8.70. The minimum Gasteiger partial charge on any atom is -0.192 e. The second-order valence-corrected chi connectivity index (χ2v) is 3.01. The van der Waals surface area contributed by atoms with Crippen LogP contribution in [-0.2, 0) is 0 Å². The van der Waals surface area contributed by atoms with Crippen molar-refractivity contribution in [3.8, 4) is 6.07 Å². The van der Waals surface area contributed by atoms with Crippen LogP contribution in [-0.4, -0.2) is 0 Å². The Kier molecular flexibility index (Phi) is 0.645. The van der Waals surface area contributed by atoms with Crippen LogP contribution in [0.4, 0.5) is 0 Å². The first-order valence-electron chi connectivity index (χ1n) is 3.67. The van der Waals surface area contributed by atoms with Gasteiger partial charge in [-0.3, -0.25) is 0 Å². The molecule has 0 unspecified atom stereocenters. The van der Waals surface area contributed by atoms with E-state index in [0.29, 0.717) is 0 Å². The van der Waals surface area contributed by atoms with E-state index in [1.54, 1.807) is 0 Å². The zero-order valence-corrected chi connectivity index (χ0v) is 5.89. The Labute approximate surface area is 64.6 Å². The van der Waals surface area contributed by atoms with Crippen molar-refractivity contribution in [3.63, 3.8) is 0 Å². The summed E-state index contributed by atoms with van der Waals surface area (Å²) in [6, 6.07) is 2.19. The Bertz CT molecular complexity index is 422. The predicted molar refractivity (Wildman–Crippen MR) is 41.5 cm³/mol. The number of nitrogens with zero attached hydrogens (tertiary/aromatic N) is 1. The molecule has 0 N–H and O–H groups in total. The number of rotatable bonds is 0. The molecule has 50 valence electrons. The van der Waals surface area contributed by atoms with Crippen molar-refractivity contribution in [1.82, 2.24) is 0 Å². The van der Waals surface area contributed by atoms with Crippen LogP contribution < -0.4 is 0 Å². The first-order valence-corrected chi connectivity index (χ1v) is 3.67. The molecule has 1 heteroatoms. The number of nitriles is 1. The normalized spacial score (nSPS) is 23.4. The first kappa shape index (κ1) is 5.15. The van der Waals surface area contributed by atoms with Crippen molar-refractivity contribution < 1.29 is 0 Å². The summed E-state index contributed by atoms with van der Waals surface area (Å²) in [7, 11) is 0. The van der Waals surface area contributed by atoms with Crippen LogP contribution in [0.5, 0.6) is 0 Å². The Morgan fingerprint density at radius 1 is 1.27 bits per heavy atom. The molecular weight excluding hydrogens is 134 g/mol. The molecule has 0 amide bonds. The van der Waals surface area contributed by atoms with Crippen LogP contribution in [0.2, 0.25) is 0 Å². The minimum atomic E-state index is 0.826. The molecule has 0 fully saturated rings. The van der Waals surface area contributed by atoms with Gasteiger partial charge in [-0.2, -0.15) is 5.26 Å². The van der Waals surface area contributed by atoms with Crippen LogP contribution in [0.1, 0.15) is 6.42 Å². The van der Waals surface area contributed by atoms with Crippen molar-refractivity contribution in [2.75, 3.05) is 0 Å². The van der Waals surface area contributed by atoms with Crippen molar-refractivity contribution >= 4 is 0 Å². The molecule has 0 atom stereocenters. The highest BCUT2D eigenvalue weighted by Gasteiger charge is 2.34. The molecule has 0 aromatic heterocycles. The quantitative estimate of drug-likeness (QED) is 0.503. The van der Waals surface area contributed by atoms with Gasteiger partial charge in [-0.1, -0.05) is 6.08 Å². The topological polar surface area (TPSA) is 23.8 Å². The van der Waals surface area contributed by atoms with Gasteiger partial charge < -0.3 is 0 Å².